The van der Waals surface area contributed by atoms with E-state index in [1.807, 2.05) is 6.07 Å². The highest BCUT2D eigenvalue weighted by Crippen LogP contribution is 2.38. The lowest BCUT2D eigenvalue weighted by atomic mass is 9.98. The van der Waals surface area contributed by atoms with Crippen LogP contribution in [0.4, 0.5) is 0 Å². The summed E-state index contributed by atoms with van der Waals surface area (Å²) < 4.78 is 21.9. The highest BCUT2D eigenvalue weighted by molar-refractivity contribution is 5.87. The van der Waals surface area contributed by atoms with Crippen molar-refractivity contribution >= 4 is 18.0 Å². The Balaban J connectivity index is 1.48. The van der Waals surface area contributed by atoms with Crippen LogP contribution < -0.4 is 4.74 Å². The molecule has 0 radical (unpaired) electrons. The first kappa shape index (κ1) is 20.1. The predicted molar refractivity (Wildman–Crippen MR) is 106 cm³/mol. The molecule has 4 rings (SSSR count). The number of carbonyl (C=O) groups excluding carboxylic acids is 2. The Morgan fingerprint density at radius 3 is 2.60 bits per heavy atom. The Bertz CT molecular complexity index is 922. The topological polar surface area (TPSA) is 91.3 Å². The van der Waals surface area contributed by atoms with Crippen molar-refractivity contribution in [3.8, 4) is 5.75 Å². The van der Waals surface area contributed by atoms with E-state index in [9.17, 15) is 14.7 Å². The Kier molecular flexibility index (Phi) is 5.83. The molecule has 2 saturated heterocycles. The average Bonchev–Trinajstić information content (AvgIpc) is 3.29. The molecule has 0 spiro atoms. The quantitative estimate of drug-likeness (QED) is 0.578. The minimum Gasteiger partial charge on any atom is -0.497 e. The maximum Gasteiger partial charge on any atom is 0.331 e. The van der Waals surface area contributed by atoms with Crippen molar-refractivity contribution in [1.29, 1.82) is 0 Å². The fraction of sp³-hybridized carbons (Fsp3) is 0.304. The number of hydrogen-bond donors (Lipinski definition) is 1. The lowest BCUT2D eigenvalue weighted by Crippen LogP contribution is -2.39. The molecule has 0 unspecified atom stereocenters. The largest absolute Gasteiger partial charge is 0.497 e. The van der Waals surface area contributed by atoms with E-state index in [1.165, 1.54) is 6.08 Å². The molecule has 0 bridgehead atoms. The molecule has 30 heavy (non-hydrogen) atoms. The van der Waals surface area contributed by atoms with Crippen molar-refractivity contribution in [3.63, 3.8) is 0 Å². The number of rotatable bonds is 6. The van der Waals surface area contributed by atoms with Gasteiger partial charge in [-0.1, -0.05) is 42.5 Å². The van der Waals surface area contributed by atoms with Gasteiger partial charge in [0.05, 0.1) is 13.5 Å². The minimum atomic E-state index is -1.03. The highest BCUT2D eigenvalue weighted by atomic mass is 16.7. The number of aliphatic hydroxyl groups excluding tert-OH is 1. The first-order valence-corrected chi connectivity index (χ1v) is 9.66. The van der Waals surface area contributed by atoms with Crippen LogP contribution in [0.5, 0.6) is 5.75 Å². The minimum absolute atomic E-state index is 0.0679. The maximum absolute atomic E-state index is 12.5. The first-order valence-electron chi connectivity index (χ1n) is 9.66. The van der Waals surface area contributed by atoms with Crippen LogP contribution in [0.25, 0.3) is 6.08 Å². The zero-order chi connectivity index (χ0) is 21.1. The zero-order valence-corrected chi connectivity index (χ0v) is 16.3. The van der Waals surface area contributed by atoms with Crippen LogP contribution in [0.2, 0.25) is 0 Å². The van der Waals surface area contributed by atoms with Crippen molar-refractivity contribution in [2.45, 2.75) is 36.9 Å². The SMILES string of the molecule is COc1ccc(/C=C/C(=O)O[C@@H]2[C@H]3OC(=O)C[C@H]3O[C@@H]2[C@H](O)c2ccccc2)cc1. The van der Waals surface area contributed by atoms with E-state index in [0.29, 0.717) is 11.3 Å². The Morgan fingerprint density at radius 1 is 1.17 bits per heavy atom. The Hall–Kier alpha value is -3.16. The van der Waals surface area contributed by atoms with Gasteiger partial charge in [-0.2, -0.15) is 0 Å². The van der Waals surface area contributed by atoms with Crippen LogP contribution in [0.1, 0.15) is 23.7 Å². The molecule has 2 aliphatic heterocycles. The standard InChI is InChI=1S/C23H22O7/c1-27-16-10-7-14(8-11-16)9-12-18(24)29-23-21-17(13-19(25)30-21)28-22(23)20(26)15-5-3-2-4-6-15/h2-12,17,20-23,26H,13H2,1H3/b12-9+/t17-,20-,21+,22-,23-/m1/s1. The molecule has 7 nitrogen and oxygen atoms in total. The van der Waals surface area contributed by atoms with Gasteiger partial charge < -0.3 is 24.1 Å². The number of ether oxygens (including phenoxy) is 4. The molecule has 1 N–H and O–H groups in total. The molecule has 2 aromatic carbocycles. The predicted octanol–water partition coefficient (Wildman–Crippen LogP) is 2.44. The third-order valence-corrected chi connectivity index (χ3v) is 5.21. The second kappa shape index (κ2) is 8.69. The number of hydrogen-bond acceptors (Lipinski definition) is 7. The fourth-order valence-electron chi connectivity index (χ4n) is 3.71. The molecular weight excluding hydrogens is 388 g/mol. The van der Waals surface area contributed by atoms with E-state index in [2.05, 4.69) is 0 Å². The van der Waals surface area contributed by atoms with Crippen LogP contribution in [0, 0.1) is 0 Å². The van der Waals surface area contributed by atoms with Gasteiger partial charge in [0.2, 0.25) is 0 Å². The van der Waals surface area contributed by atoms with E-state index in [1.54, 1.807) is 61.7 Å². The van der Waals surface area contributed by atoms with Crippen LogP contribution in [0.15, 0.2) is 60.7 Å². The zero-order valence-electron chi connectivity index (χ0n) is 16.3. The van der Waals surface area contributed by atoms with Gasteiger partial charge >= 0.3 is 11.9 Å². The number of benzene rings is 2. The smallest absolute Gasteiger partial charge is 0.331 e. The van der Waals surface area contributed by atoms with Gasteiger partial charge in [0, 0.05) is 6.08 Å². The normalized spacial score (nSPS) is 26.3. The van der Waals surface area contributed by atoms with Gasteiger partial charge in [0.25, 0.3) is 0 Å². The molecule has 7 heteroatoms. The van der Waals surface area contributed by atoms with Gasteiger partial charge in [-0.3, -0.25) is 4.79 Å². The Labute approximate surface area is 173 Å². The summed E-state index contributed by atoms with van der Waals surface area (Å²) in [6.45, 7) is 0. The number of esters is 2. The summed E-state index contributed by atoms with van der Waals surface area (Å²) in [7, 11) is 1.58. The molecule has 2 fully saturated rings. The molecule has 0 saturated carbocycles. The number of carbonyl (C=O) groups is 2. The van der Waals surface area contributed by atoms with Gasteiger partial charge in [-0.15, -0.1) is 0 Å². The molecule has 156 valence electrons. The molecule has 0 aliphatic carbocycles. The van der Waals surface area contributed by atoms with Gasteiger partial charge in [-0.05, 0) is 29.3 Å². The summed E-state index contributed by atoms with van der Waals surface area (Å²) >= 11 is 0. The summed E-state index contributed by atoms with van der Waals surface area (Å²) in [6, 6.07) is 16.1. The third kappa shape index (κ3) is 4.22. The molecule has 5 atom stereocenters. The van der Waals surface area contributed by atoms with Crippen molar-refractivity contribution < 1.29 is 33.6 Å². The van der Waals surface area contributed by atoms with Crippen molar-refractivity contribution in [3.05, 3.63) is 71.8 Å². The van der Waals surface area contributed by atoms with Crippen molar-refractivity contribution in [2.24, 2.45) is 0 Å². The monoisotopic (exact) mass is 410 g/mol. The summed E-state index contributed by atoms with van der Waals surface area (Å²) in [5, 5.41) is 10.8. The van der Waals surface area contributed by atoms with E-state index in [-0.39, 0.29) is 6.42 Å². The van der Waals surface area contributed by atoms with Gasteiger partial charge in [-0.25, -0.2) is 4.79 Å². The van der Waals surface area contributed by atoms with E-state index in [0.717, 1.165) is 5.56 Å². The van der Waals surface area contributed by atoms with Crippen LogP contribution >= 0.6 is 0 Å². The highest BCUT2D eigenvalue weighted by Gasteiger charge is 2.55. The van der Waals surface area contributed by atoms with Crippen molar-refractivity contribution in [1.82, 2.24) is 0 Å². The molecule has 0 amide bonds. The molecule has 2 aromatic rings. The number of aliphatic hydroxyl groups is 1. The first-order chi connectivity index (χ1) is 14.5. The average molecular weight is 410 g/mol. The van der Waals surface area contributed by atoms with E-state index < -0.39 is 42.5 Å². The molecule has 2 aliphatic rings. The molecule has 2 heterocycles. The number of fused-ring (bicyclic) bond motifs is 1. The third-order valence-electron chi connectivity index (χ3n) is 5.21. The second-order valence-electron chi connectivity index (χ2n) is 7.16. The molecular formula is C23H22O7. The van der Waals surface area contributed by atoms with Crippen LogP contribution in [-0.2, 0) is 23.8 Å². The van der Waals surface area contributed by atoms with Crippen molar-refractivity contribution in [2.75, 3.05) is 7.11 Å². The molecule has 0 aromatic heterocycles. The fourth-order valence-corrected chi connectivity index (χ4v) is 3.71. The summed E-state index contributed by atoms with van der Waals surface area (Å²) in [6.07, 6.45) is -1.10. The van der Waals surface area contributed by atoms with Gasteiger partial charge in [0.1, 0.15) is 24.1 Å². The Morgan fingerprint density at radius 2 is 1.90 bits per heavy atom. The van der Waals surface area contributed by atoms with Crippen LogP contribution in [0.3, 0.4) is 0 Å². The van der Waals surface area contributed by atoms with Gasteiger partial charge in [0.15, 0.2) is 12.2 Å². The second-order valence-corrected chi connectivity index (χ2v) is 7.16. The van der Waals surface area contributed by atoms with E-state index in [4.69, 9.17) is 18.9 Å². The summed E-state index contributed by atoms with van der Waals surface area (Å²) in [4.78, 5) is 24.1. The lowest BCUT2D eigenvalue weighted by Gasteiger charge is -2.25. The summed E-state index contributed by atoms with van der Waals surface area (Å²) in [5.41, 5.74) is 1.42. The van der Waals surface area contributed by atoms with Crippen LogP contribution in [-0.4, -0.2) is 48.6 Å². The lowest BCUT2D eigenvalue weighted by molar-refractivity contribution is -0.162. The van der Waals surface area contributed by atoms with E-state index >= 15 is 0 Å². The maximum atomic E-state index is 12.5. The summed E-state index contributed by atoms with van der Waals surface area (Å²) in [5.74, 6) is -0.314. The number of methoxy groups -OCH3 is 1.